The van der Waals surface area contributed by atoms with E-state index < -0.39 is 0 Å². The minimum atomic E-state index is -0.385. The van der Waals surface area contributed by atoms with Gasteiger partial charge in [0.25, 0.3) is 0 Å². The van der Waals surface area contributed by atoms with Gasteiger partial charge in [0.2, 0.25) is 11.9 Å². The minimum Gasteiger partial charge on any atom is -0.462 e. The number of nitrogens with one attached hydrogen (secondary N) is 1. The van der Waals surface area contributed by atoms with E-state index in [0.29, 0.717) is 55.7 Å². The second-order valence-electron chi connectivity index (χ2n) is 7.66. The highest BCUT2D eigenvalue weighted by Gasteiger charge is 2.23. The molecule has 1 aliphatic rings. The van der Waals surface area contributed by atoms with Crippen LogP contribution in [-0.2, 0) is 9.53 Å². The van der Waals surface area contributed by atoms with Crippen LogP contribution in [0.1, 0.15) is 17.3 Å². The molecule has 1 saturated heterocycles. The highest BCUT2D eigenvalue weighted by Crippen LogP contribution is 2.21. The number of rotatable bonds is 7. The largest absolute Gasteiger partial charge is 0.462 e. The Balaban J connectivity index is 1.30. The highest BCUT2D eigenvalue weighted by atomic mass is 19.1. The van der Waals surface area contributed by atoms with E-state index in [1.165, 1.54) is 6.07 Å². The molecule has 0 radical (unpaired) electrons. The molecule has 0 saturated carbocycles. The molecule has 2 heterocycles. The van der Waals surface area contributed by atoms with Gasteiger partial charge in [-0.2, -0.15) is 0 Å². The molecule has 1 amide bonds. The molecule has 0 aliphatic carbocycles. The first kappa shape index (κ1) is 22.5. The monoisotopic (exact) mass is 451 g/mol. The smallest absolute Gasteiger partial charge is 0.338 e. The Hall–Kier alpha value is -3.72. The fraction of sp³-hybridized carbons (Fsp3) is 0.292. The van der Waals surface area contributed by atoms with Gasteiger partial charge < -0.3 is 15.0 Å². The third-order valence-electron chi connectivity index (χ3n) is 5.44. The first-order valence-corrected chi connectivity index (χ1v) is 10.9. The van der Waals surface area contributed by atoms with Gasteiger partial charge in [0.15, 0.2) is 0 Å². The lowest BCUT2D eigenvalue weighted by molar-refractivity contribution is -0.117. The molecule has 1 aliphatic heterocycles. The molecule has 8 nitrogen and oxygen atoms in total. The molecular weight excluding hydrogens is 425 g/mol. The molecule has 172 valence electrons. The van der Waals surface area contributed by atoms with Gasteiger partial charge in [-0.15, -0.1) is 0 Å². The number of piperazine rings is 1. The second kappa shape index (κ2) is 10.3. The fourth-order valence-corrected chi connectivity index (χ4v) is 3.78. The maximum Gasteiger partial charge on any atom is 0.338 e. The molecule has 1 N–H and O–H groups in total. The zero-order valence-electron chi connectivity index (χ0n) is 18.4. The lowest BCUT2D eigenvalue weighted by Crippen LogP contribution is -2.49. The predicted molar refractivity (Wildman–Crippen MR) is 123 cm³/mol. The van der Waals surface area contributed by atoms with Crippen LogP contribution in [0.5, 0.6) is 0 Å². The van der Waals surface area contributed by atoms with E-state index in [1.807, 2.05) is 0 Å². The number of benzene rings is 2. The Kier molecular flexibility index (Phi) is 6.99. The molecule has 0 bridgehead atoms. The van der Waals surface area contributed by atoms with Gasteiger partial charge in [0, 0.05) is 44.3 Å². The van der Waals surface area contributed by atoms with E-state index in [2.05, 4.69) is 20.1 Å². The molecule has 9 heteroatoms. The van der Waals surface area contributed by atoms with Gasteiger partial charge in [-0.3, -0.25) is 14.3 Å². The summed E-state index contributed by atoms with van der Waals surface area (Å²) >= 11 is 0. The van der Waals surface area contributed by atoms with Crippen molar-refractivity contribution in [2.24, 2.45) is 0 Å². The number of ether oxygens (including phenoxy) is 1. The van der Waals surface area contributed by atoms with Crippen molar-refractivity contribution in [3.8, 4) is 5.69 Å². The maximum atomic E-state index is 14.2. The summed E-state index contributed by atoms with van der Waals surface area (Å²) in [6.45, 7) is 5.03. The predicted octanol–water partition coefficient (Wildman–Crippen LogP) is 2.95. The first-order valence-electron chi connectivity index (χ1n) is 10.9. The summed E-state index contributed by atoms with van der Waals surface area (Å²) in [5, 5.41) is 2.86. The number of hydrogen-bond acceptors (Lipinski definition) is 6. The topological polar surface area (TPSA) is 79.7 Å². The van der Waals surface area contributed by atoms with E-state index in [4.69, 9.17) is 4.74 Å². The summed E-state index contributed by atoms with van der Waals surface area (Å²) < 4.78 is 20.9. The van der Waals surface area contributed by atoms with Gasteiger partial charge in [0.1, 0.15) is 5.82 Å². The normalized spacial score (nSPS) is 14.2. The molecule has 2 aromatic carbocycles. The summed E-state index contributed by atoms with van der Waals surface area (Å²) in [4.78, 5) is 32.8. The summed E-state index contributed by atoms with van der Waals surface area (Å²) in [6.07, 6.45) is 3.41. The molecule has 0 unspecified atom stereocenters. The van der Waals surface area contributed by atoms with Crippen LogP contribution in [0.25, 0.3) is 5.69 Å². The fourth-order valence-electron chi connectivity index (χ4n) is 3.78. The lowest BCUT2D eigenvalue weighted by Gasteiger charge is -2.35. The summed E-state index contributed by atoms with van der Waals surface area (Å²) in [6, 6.07) is 13.2. The molecule has 0 atom stereocenters. The minimum absolute atomic E-state index is 0.125. The van der Waals surface area contributed by atoms with Crippen LogP contribution in [0, 0.1) is 5.82 Å². The number of hydrogen-bond donors (Lipinski definition) is 1. The molecule has 4 rings (SSSR count). The van der Waals surface area contributed by atoms with Crippen molar-refractivity contribution in [3.63, 3.8) is 0 Å². The quantitative estimate of drug-likeness (QED) is 0.557. The van der Waals surface area contributed by atoms with Crippen LogP contribution < -0.4 is 10.2 Å². The zero-order chi connectivity index (χ0) is 23.2. The van der Waals surface area contributed by atoms with Crippen LogP contribution in [-0.4, -0.2) is 65.7 Å². The Bertz CT molecular complexity index is 1110. The molecule has 1 fully saturated rings. The van der Waals surface area contributed by atoms with Crippen molar-refractivity contribution < 1.29 is 18.7 Å². The van der Waals surface area contributed by atoms with E-state index in [9.17, 15) is 14.0 Å². The Labute approximate surface area is 191 Å². The average molecular weight is 452 g/mol. The van der Waals surface area contributed by atoms with Crippen LogP contribution in [0.15, 0.2) is 60.9 Å². The van der Waals surface area contributed by atoms with Crippen molar-refractivity contribution in [1.82, 2.24) is 14.5 Å². The standard InChI is InChI=1S/C24H26FN5O3/c1-2-33-23(32)18-7-9-19(10-8-18)27-22(31)17-28-13-15-29(16-14-28)24-26-11-12-30(24)21-6-4-3-5-20(21)25/h3-12H,2,13-17H2,1H3,(H,27,31). The number of esters is 1. The number of carbonyl (C=O) groups is 2. The van der Waals surface area contributed by atoms with Crippen molar-refractivity contribution in [2.45, 2.75) is 6.92 Å². The Morgan fingerprint density at radius 1 is 1.06 bits per heavy atom. The number of imidazole rings is 1. The van der Waals surface area contributed by atoms with E-state index >= 15 is 0 Å². The van der Waals surface area contributed by atoms with Crippen molar-refractivity contribution in [2.75, 3.05) is 49.5 Å². The molecule has 0 spiro atoms. The zero-order valence-corrected chi connectivity index (χ0v) is 18.4. The van der Waals surface area contributed by atoms with Crippen LogP contribution in [0.2, 0.25) is 0 Å². The van der Waals surface area contributed by atoms with Crippen LogP contribution in [0.3, 0.4) is 0 Å². The summed E-state index contributed by atoms with van der Waals surface area (Å²) in [5.41, 5.74) is 1.53. The Morgan fingerprint density at radius 2 is 1.79 bits per heavy atom. The summed E-state index contributed by atoms with van der Waals surface area (Å²) in [7, 11) is 0. The maximum absolute atomic E-state index is 14.2. The Morgan fingerprint density at radius 3 is 2.48 bits per heavy atom. The third kappa shape index (κ3) is 5.38. The number of carbonyl (C=O) groups excluding carboxylic acids is 2. The number of anilines is 2. The number of para-hydroxylation sites is 1. The SMILES string of the molecule is CCOC(=O)c1ccc(NC(=O)CN2CCN(c3nccn3-c3ccccc3F)CC2)cc1. The van der Waals surface area contributed by atoms with Crippen LogP contribution >= 0.6 is 0 Å². The molecule has 1 aromatic heterocycles. The van der Waals surface area contributed by atoms with Crippen molar-refractivity contribution in [3.05, 3.63) is 72.3 Å². The number of amides is 1. The average Bonchev–Trinajstić information content (AvgIpc) is 3.30. The van der Waals surface area contributed by atoms with Gasteiger partial charge in [-0.05, 0) is 43.3 Å². The summed E-state index contributed by atoms with van der Waals surface area (Å²) in [5.74, 6) is -0.127. The number of nitrogens with zero attached hydrogens (tertiary/aromatic N) is 4. The number of halogens is 1. The van der Waals surface area contributed by atoms with Crippen LogP contribution in [0.4, 0.5) is 16.0 Å². The van der Waals surface area contributed by atoms with Crippen molar-refractivity contribution in [1.29, 1.82) is 0 Å². The van der Waals surface area contributed by atoms with Gasteiger partial charge >= 0.3 is 5.97 Å². The lowest BCUT2D eigenvalue weighted by atomic mass is 10.2. The van der Waals surface area contributed by atoms with Crippen molar-refractivity contribution >= 4 is 23.5 Å². The molecule has 3 aromatic rings. The van der Waals surface area contributed by atoms with E-state index in [0.717, 1.165) is 0 Å². The molecular formula is C24H26FN5O3. The number of aromatic nitrogens is 2. The van der Waals surface area contributed by atoms with Gasteiger partial charge in [-0.1, -0.05) is 12.1 Å². The van der Waals surface area contributed by atoms with Gasteiger partial charge in [-0.25, -0.2) is 14.2 Å². The first-order chi connectivity index (χ1) is 16.0. The second-order valence-corrected chi connectivity index (χ2v) is 7.66. The van der Waals surface area contributed by atoms with E-state index in [-0.39, 0.29) is 24.2 Å². The van der Waals surface area contributed by atoms with Gasteiger partial charge in [0.05, 0.1) is 24.4 Å². The van der Waals surface area contributed by atoms with E-state index in [1.54, 1.807) is 66.3 Å². The highest BCUT2D eigenvalue weighted by molar-refractivity contribution is 5.94. The molecule has 33 heavy (non-hydrogen) atoms. The third-order valence-corrected chi connectivity index (χ3v) is 5.44.